The number of carbonyl (C=O) groups is 1. The summed E-state index contributed by atoms with van der Waals surface area (Å²) in [5.74, 6) is -0.0784. The summed E-state index contributed by atoms with van der Waals surface area (Å²) in [6.07, 6.45) is 0. The van der Waals surface area contributed by atoms with Crippen LogP contribution >= 0.6 is 11.8 Å². The van der Waals surface area contributed by atoms with Crippen LogP contribution in [-0.4, -0.2) is 5.91 Å². The quantitative estimate of drug-likeness (QED) is 0.630. The van der Waals surface area contributed by atoms with Gasteiger partial charge in [-0.3, -0.25) is 4.79 Å². The van der Waals surface area contributed by atoms with Crippen LogP contribution in [0.4, 0.5) is 5.69 Å². The average Bonchev–Trinajstić information content (AvgIpc) is 2.63. The molecule has 0 bridgehead atoms. The van der Waals surface area contributed by atoms with Crippen LogP contribution in [0.15, 0.2) is 76.5 Å². The van der Waals surface area contributed by atoms with E-state index >= 15 is 0 Å². The standard InChI is InChI=1S/C22H22N2OS/c1-15-6-9-19(10-7-15)26-21-11-8-17(13-20(21)23)14-24-22(25)18-5-3-4-16(2)12-18/h3-13H,14,23H2,1-2H3,(H,24,25). The molecule has 4 heteroatoms. The van der Waals surface area contributed by atoms with Gasteiger partial charge < -0.3 is 11.1 Å². The Kier molecular flexibility index (Phi) is 5.64. The fraction of sp³-hybridized carbons (Fsp3) is 0.136. The van der Waals surface area contributed by atoms with Crippen molar-refractivity contribution >= 4 is 23.4 Å². The van der Waals surface area contributed by atoms with Gasteiger partial charge in [-0.25, -0.2) is 0 Å². The largest absolute Gasteiger partial charge is 0.398 e. The molecule has 0 spiro atoms. The number of benzene rings is 3. The Labute approximate surface area is 158 Å². The van der Waals surface area contributed by atoms with Crippen LogP contribution in [0.3, 0.4) is 0 Å². The molecule has 0 aromatic heterocycles. The summed E-state index contributed by atoms with van der Waals surface area (Å²) in [7, 11) is 0. The number of anilines is 1. The third kappa shape index (κ3) is 4.67. The normalized spacial score (nSPS) is 10.5. The van der Waals surface area contributed by atoms with Gasteiger partial charge in [-0.05, 0) is 55.8 Å². The lowest BCUT2D eigenvalue weighted by Gasteiger charge is -2.10. The number of nitrogens with one attached hydrogen (secondary N) is 1. The van der Waals surface area contributed by atoms with E-state index in [0.29, 0.717) is 12.1 Å². The van der Waals surface area contributed by atoms with Crippen molar-refractivity contribution in [3.8, 4) is 0 Å². The van der Waals surface area contributed by atoms with E-state index in [-0.39, 0.29) is 5.91 Å². The maximum absolute atomic E-state index is 12.2. The molecule has 0 aliphatic rings. The molecule has 0 saturated carbocycles. The van der Waals surface area contributed by atoms with Gasteiger partial charge in [0.05, 0.1) is 0 Å². The molecule has 0 radical (unpaired) electrons. The zero-order valence-electron chi connectivity index (χ0n) is 15.0. The zero-order valence-corrected chi connectivity index (χ0v) is 15.8. The van der Waals surface area contributed by atoms with Gasteiger partial charge in [-0.1, -0.05) is 53.2 Å². The number of nitrogens with two attached hydrogens (primary N) is 1. The number of aryl methyl sites for hydroxylation is 2. The zero-order chi connectivity index (χ0) is 18.5. The second kappa shape index (κ2) is 8.11. The lowest BCUT2D eigenvalue weighted by Crippen LogP contribution is -2.22. The fourth-order valence-corrected chi connectivity index (χ4v) is 3.44. The SMILES string of the molecule is Cc1ccc(Sc2ccc(CNC(=O)c3cccc(C)c3)cc2N)cc1. The summed E-state index contributed by atoms with van der Waals surface area (Å²) in [6.45, 7) is 4.50. The summed E-state index contributed by atoms with van der Waals surface area (Å²) in [5.41, 5.74) is 10.9. The first kappa shape index (κ1) is 18.1. The summed E-state index contributed by atoms with van der Waals surface area (Å²) in [4.78, 5) is 14.4. The smallest absolute Gasteiger partial charge is 0.251 e. The molecule has 1 amide bonds. The summed E-state index contributed by atoms with van der Waals surface area (Å²) < 4.78 is 0. The second-order valence-electron chi connectivity index (χ2n) is 6.34. The van der Waals surface area contributed by atoms with Crippen molar-refractivity contribution in [1.29, 1.82) is 0 Å². The van der Waals surface area contributed by atoms with Gasteiger partial charge in [0.1, 0.15) is 0 Å². The highest BCUT2D eigenvalue weighted by molar-refractivity contribution is 7.99. The molecule has 0 saturated heterocycles. The molecule has 0 fully saturated rings. The number of hydrogen-bond donors (Lipinski definition) is 2. The van der Waals surface area contributed by atoms with E-state index < -0.39 is 0 Å². The molecular formula is C22H22N2OS. The van der Waals surface area contributed by atoms with Crippen molar-refractivity contribution < 1.29 is 4.79 Å². The van der Waals surface area contributed by atoms with E-state index in [0.717, 1.165) is 26.6 Å². The first-order chi connectivity index (χ1) is 12.5. The monoisotopic (exact) mass is 362 g/mol. The number of hydrogen-bond acceptors (Lipinski definition) is 3. The predicted molar refractivity (Wildman–Crippen MR) is 109 cm³/mol. The van der Waals surface area contributed by atoms with E-state index in [4.69, 9.17) is 5.73 Å². The molecule has 3 rings (SSSR count). The van der Waals surface area contributed by atoms with Gasteiger partial charge in [0.15, 0.2) is 0 Å². The Balaban J connectivity index is 1.64. The minimum Gasteiger partial charge on any atom is -0.398 e. The van der Waals surface area contributed by atoms with Crippen LogP contribution in [0.1, 0.15) is 27.0 Å². The van der Waals surface area contributed by atoms with Crippen LogP contribution in [0.5, 0.6) is 0 Å². The summed E-state index contributed by atoms with van der Waals surface area (Å²) in [5, 5.41) is 2.94. The molecule has 0 atom stereocenters. The van der Waals surface area contributed by atoms with Crippen LogP contribution in [0, 0.1) is 13.8 Å². The highest BCUT2D eigenvalue weighted by Crippen LogP contribution is 2.32. The Morgan fingerprint density at radius 1 is 0.962 bits per heavy atom. The summed E-state index contributed by atoms with van der Waals surface area (Å²) >= 11 is 1.64. The maximum atomic E-state index is 12.2. The minimum atomic E-state index is -0.0784. The second-order valence-corrected chi connectivity index (χ2v) is 7.45. The third-order valence-electron chi connectivity index (χ3n) is 4.06. The molecule has 0 aliphatic heterocycles. The Hall–Kier alpha value is -2.72. The highest BCUT2D eigenvalue weighted by atomic mass is 32.2. The topological polar surface area (TPSA) is 55.1 Å². The molecule has 0 unspecified atom stereocenters. The molecular weight excluding hydrogens is 340 g/mol. The molecule has 132 valence electrons. The van der Waals surface area contributed by atoms with Crippen LogP contribution in [0.25, 0.3) is 0 Å². The van der Waals surface area contributed by atoms with Crippen molar-refractivity contribution in [2.24, 2.45) is 0 Å². The lowest BCUT2D eigenvalue weighted by atomic mass is 10.1. The van der Waals surface area contributed by atoms with Crippen molar-refractivity contribution in [2.45, 2.75) is 30.2 Å². The summed E-state index contributed by atoms with van der Waals surface area (Å²) in [6, 6.07) is 21.9. The van der Waals surface area contributed by atoms with E-state index in [2.05, 4.69) is 36.5 Å². The fourth-order valence-electron chi connectivity index (χ4n) is 2.60. The molecule has 3 nitrogen and oxygen atoms in total. The van der Waals surface area contributed by atoms with Crippen LogP contribution in [-0.2, 0) is 6.54 Å². The van der Waals surface area contributed by atoms with Crippen molar-refractivity contribution in [3.63, 3.8) is 0 Å². The van der Waals surface area contributed by atoms with Crippen molar-refractivity contribution in [1.82, 2.24) is 5.32 Å². The predicted octanol–water partition coefficient (Wildman–Crippen LogP) is 4.97. The molecule has 26 heavy (non-hydrogen) atoms. The molecule has 3 aromatic carbocycles. The number of amides is 1. The van der Waals surface area contributed by atoms with Crippen molar-refractivity contribution in [3.05, 3.63) is 89.0 Å². The van der Waals surface area contributed by atoms with E-state index in [1.807, 2.05) is 49.4 Å². The van der Waals surface area contributed by atoms with Gasteiger partial charge >= 0.3 is 0 Å². The van der Waals surface area contributed by atoms with Gasteiger partial charge in [0.25, 0.3) is 5.91 Å². The van der Waals surface area contributed by atoms with Crippen LogP contribution in [0.2, 0.25) is 0 Å². The Morgan fingerprint density at radius 3 is 2.42 bits per heavy atom. The number of rotatable bonds is 5. The Bertz CT molecular complexity index is 920. The molecule has 0 heterocycles. The number of nitrogen functional groups attached to an aromatic ring is 1. The molecule has 0 aliphatic carbocycles. The van der Waals surface area contributed by atoms with E-state index in [1.54, 1.807) is 11.8 Å². The average molecular weight is 362 g/mol. The first-order valence-electron chi connectivity index (χ1n) is 8.49. The van der Waals surface area contributed by atoms with Crippen LogP contribution < -0.4 is 11.1 Å². The maximum Gasteiger partial charge on any atom is 0.251 e. The van der Waals surface area contributed by atoms with Gasteiger partial charge in [0, 0.05) is 27.6 Å². The number of carbonyl (C=O) groups excluding carboxylic acids is 1. The van der Waals surface area contributed by atoms with Gasteiger partial charge in [0.2, 0.25) is 0 Å². The first-order valence-corrected chi connectivity index (χ1v) is 9.31. The van der Waals surface area contributed by atoms with Crippen molar-refractivity contribution in [2.75, 3.05) is 5.73 Å². The van der Waals surface area contributed by atoms with E-state index in [9.17, 15) is 4.79 Å². The molecule has 3 aromatic rings. The van der Waals surface area contributed by atoms with E-state index in [1.165, 1.54) is 5.56 Å². The molecule has 3 N–H and O–H groups in total. The third-order valence-corrected chi connectivity index (χ3v) is 5.16. The highest BCUT2D eigenvalue weighted by Gasteiger charge is 2.07. The minimum absolute atomic E-state index is 0.0784. The van der Waals surface area contributed by atoms with Gasteiger partial charge in [-0.2, -0.15) is 0 Å². The Morgan fingerprint density at radius 2 is 1.73 bits per heavy atom. The lowest BCUT2D eigenvalue weighted by molar-refractivity contribution is 0.0951. The van der Waals surface area contributed by atoms with Gasteiger partial charge in [-0.15, -0.1) is 0 Å².